The minimum atomic E-state index is -4.63. The monoisotopic (exact) mass is 327 g/mol. The molecule has 0 aliphatic heterocycles. The lowest BCUT2D eigenvalue weighted by Crippen LogP contribution is -2.17. The average Bonchev–Trinajstić information content (AvgIpc) is 2.52. The summed E-state index contributed by atoms with van der Waals surface area (Å²) in [5.74, 6) is -0.917. The van der Waals surface area contributed by atoms with Gasteiger partial charge in [0, 0.05) is 5.56 Å². The van der Waals surface area contributed by atoms with E-state index in [0.717, 1.165) is 10.8 Å². The van der Waals surface area contributed by atoms with Gasteiger partial charge in [0.05, 0.1) is 5.56 Å². The van der Waals surface area contributed by atoms with Crippen molar-refractivity contribution in [2.24, 2.45) is 5.73 Å². The van der Waals surface area contributed by atoms with Crippen LogP contribution < -0.4 is 5.73 Å². The molecular formula is C17H13NO4S. The molecule has 0 aliphatic carbocycles. The molecule has 0 aromatic heterocycles. The highest BCUT2D eigenvalue weighted by Gasteiger charge is 2.24. The maximum absolute atomic E-state index is 11.8. The van der Waals surface area contributed by atoms with Crippen molar-refractivity contribution >= 4 is 26.8 Å². The van der Waals surface area contributed by atoms with E-state index in [9.17, 15) is 17.8 Å². The topological polar surface area (TPSA) is 97.5 Å². The highest BCUT2D eigenvalue weighted by molar-refractivity contribution is 7.86. The van der Waals surface area contributed by atoms with Crippen molar-refractivity contribution in [2.75, 3.05) is 0 Å². The van der Waals surface area contributed by atoms with Gasteiger partial charge >= 0.3 is 0 Å². The predicted octanol–water partition coefficient (Wildman–Crippen LogP) is 2.85. The second-order valence-electron chi connectivity index (χ2n) is 5.05. The fraction of sp³-hybridized carbons (Fsp3) is 0. The third-order valence-electron chi connectivity index (χ3n) is 3.62. The maximum Gasteiger partial charge on any atom is 0.295 e. The summed E-state index contributed by atoms with van der Waals surface area (Å²) in [6.07, 6.45) is 0. The molecule has 0 bridgehead atoms. The Balaban J connectivity index is 2.45. The van der Waals surface area contributed by atoms with Crippen molar-refractivity contribution in [3.8, 4) is 11.1 Å². The molecule has 0 saturated carbocycles. The van der Waals surface area contributed by atoms with Crippen molar-refractivity contribution < 1.29 is 17.8 Å². The van der Waals surface area contributed by atoms with E-state index in [1.807, 2.05) is 30.3 Å². The van der Waals surface area contributed by atoms with Crippen LogP contribution in [0, 0.1) is 0 Å². The molecule has 0 atom stereocenters. The fourth-order valence-corrected chi connectivity index (χ4v) is 3.58. The molecule has 0 radical (unpaired) electrons. The Hall–Kier alpha value is -2.70. The molecule has 3 aromatic rings. The van der Waals surface area contributed by atoms with Crippen LogP contribution in [0.15, 0.2) is 65.6 Å². The molecule has 0 aliphatic rings. The Morgan fingerprint density at radius 1 is 0.870 bits per heavy atom. The number of hydrogen-bond acceptors (Lipinski definition) is 3. The zero-order chi connectivity index (χ0) is 16.6. The Morgan fingerprint density at radius 2 is 1.48 bits per heavy atom. The first-order chi connectivity index (χ1) is 10.9. The van der Waals surface area contributed by atoms with Crippen LogP contribution in [0.3, 0.4) is 0 Å². The summed E-state index contributed by atoms with van der Waals surface area (Å²) in [7, 11) is -4.63. The molecule has 116 valence electrons. The van der Waals surface area contributed by atoms with Gasteiger partial charge in [-0.05, 0) is 22.4 Å². The number of benzene rings is 3. The molecule has 0 fully saturated rings. The summed E-state index contributed by atoms with van der Waals surface area (Å²) in [4.78, 5) is 11.1. The van der Waals surface area contributed by atoms with Crippen molar-refractivity contribution in [3.63, 3.8) is 0 Å². The second-order valence-corrected chi connectivity index (χ2v) is 6.41. The van der Waals surface area contributed by atoms with Gasteiger partial charge in [0.25, 0.3) is 10.1 Å². The van der Waals surface area contributed by atoms with Gasteiger partial charge in [-0.15, -0.1) is 0 Å². The highest BCUT2D eigenvalue weighted by Crippen LogP contribution is 2.34. The molecule has 0 heterocycles. The van der Waals surface area contributed by atoms with Crippen molar-refractivity contribution in [3.05, 3.63) is 66.2 Å². The van der Waals surface area contributed by atoms with Crippen LogP contribution in [0.5, 0.6) is 0 Å². The first-order valence-corrected chi connectivity index (χ1v) is 8.22. The molecule has 3 aromatic carbocycles. The van der Waals surface area contributed by atoms with Gasteiger partial charge in [-0.3, -0.25) is 9.35 Å². The van der Waals surface area contributed by atoms with Crippen LogP contribution in [0.2, 0.25) is 0 Å². The average molecular weight is 327 g/mol. The number of nitrogens with two attached hydrogens (primary N) is 1. The normalized spacial score (nSPS) is 11.5. The Kier molecular flexibility index (Phi) is 3.63. The van der Waals surface area contributed by atoms with Crippen LogP contribution >= 0.6 is 0 Å². The second kappa shape index (κ2) is 5.49. The number of carbonyl (C=O) groups excluding carboxylic acids is 1. The molecule has 5 nitrogen and oxygen atoms in total. The van der Waals surface area contributed by atoms with Gasteiger partial charge in [0.2, 0.25) is 5.91 Å². The Labute approximate surface area is 133 Å². The van der Waals surface area contributed by atoms with Crippen LogP contribution in [-0.4, -0.2) is 18.9 Å². The van der Waals surface area contributed by atoms with Gasteiger partial charge in [0.1, 0.15) is 4.90 Å². The van der Waals surface area contributed by atoms with E-state index in [1.54, 1.807) is 12.1 Å². The molecule has 0 unspecified atom stereocenters. The fourth-order valence-electron chi connectivity index (χ4n) is 2.68. The molecule has 0 spiro atoms. The van der Waals surface area contributed by atoms with Gasteiger partial charge in [-0.1, -0.05) is 54.6 Å². The largest absolute Gasteiger partial charge is 0.366 e. The molecule has 3 rings (SSSR count). The van der Waals surface area contributed by atoms with Gasteiger partial charge < -0.3 is 5.73 Å². The number of rotatable bonds is 3. The van der Waals surface area contributed by atoms with E-state index < -0.39 is 20.9 Å². The summed E-state index contributed by atoms with van der Waals surface area (Å²) in [6, 6.07) is 17.2. The summed E-state index contributed by atoms with van der Waals surface area (Å²) in [5, 5.41) is 1.72. The third-order valence-corrected chi connectivity index (χ3v) is 4.57. The SMILES string of the molecule is NC(=O)c1cccc(-c2cccc3ccccc23)c1S(=O)(=O)O. The number of fused-ring (bicyclic) bond motifs is 1. The summed E-state index contributed by atoms with van der Waals surface area (Å²) in [6.45, 7) is 0. The van der Waals surface area contributed by atoms with E-state index >= 15 is 0 Å². The number of primary amides is 1. The summed E-state index contributed by atoms with van der Waals surface area (Å²) >= 11 is 0. The standard InChI is InChI=1S/C17H13NO4S/c18-17(19)15-10-4-9-14(16(15)23(20,21)22)13-8-3-6-11-5-1-2-7-12(11)13/h1-10H,(H2,18,19)(H,20,21,22). The smallest absolute Gasteiger partial charge is 0.295 e. The van der Waals surface area contributed by atoms with Crippen LogP contribution in [0.1, 0.15) is 10.4 Å². The van der Waals surface area contributed by atoms with E-state index in [1.165, 1.54) is 18.2 Å². The lowest BCUT2D eigenvalue weighted by Gasteiger charge is -2.13. The zero-order valence-corrected chi connectivity index (χ0v) is 12.7. The lowest BCUT2D eigenvalue weighted by molar-refractivity contribution is 0.0997. The van der Waals surface area contributed by atoms with Crippen LogP contribution in [0.4, 0.5) is 0 Å². The summed E-state index contributed by atoms with van der Waals surface area (Å²) in [5.41, 5.74) is 5.85. The first-order valence-electron chi connectivity index (χ1n) is 6.78. The molecule has 0 saturated heterocycles. The summed E-state index contributed by atoms with van der Waals surface area (Å²) < 4.78 is 33.3. The molecule has 6 heteroatoms. The first kappa shape index (κ1) is 15.2. The van der Waals surface area contributed by atoms with E-state index in [2.05, 4.69) is 0 Å². The molecule has 3 N–H and O–H groups in total. The van der Waals surface area contributed by atoms with Gasteiger partial charge in [0.15, 0.2) is 0 Å². The minimum Gasteiger partial charge on any atom is -0.366 e. The van der Waals surface area contributed by atoms with E-state index in [4.69, 9.17) is 5.73 Å². The highest BCUT2D eigenvalue weighted by atomic mass is 32.2. The third kappa shape index (κ3) is 2.69. The van der Waals surface area contributed by atoms with Crippen molar-refractivity contribution in [2.45, 2.75) is 4.90 Å². The Bertz CT molecular complexity index is 1020. The number of carbonyl (C=O) groups is 1. The van der Waals surface area contributed by atoms with Crippen molar-refractivity contribution in [1.82, 2.24) is 0 Å². The molecule has 23 heavy (non-hydrogen) atoms. The maximum atomic E-state index is 11.8. The quantitative estimate of drug-likeness (QED) is 0.723. The molecular weight excluding hydrogens is 314 g/mol. The van der Waals surface area contributed by atoms with Crippen LogP contribution in [0.25, 0.3) is 21.9 Å². The van der Waals surface area contributed by atoms with Crippen molar-refractivity contribution in [1.29, 1.82) is 0 Å². The van der Waals surface area contributed by atoms with E-state index in [0.29, 0.717) is 5.56 Å². The zero-order valence-electron chi connectivity index (χ0n) is 11.9. The molecule has 1 amide bonds. The van der Waals surface area contributed by atoms with E-state index in [-0.39, 0.29) is 11.1 Å². The Morgan fingerprint density at radius 3 is 2.17 bits per heavy atom. The number of amides is 1. The van der Waals surface area contributed by atoms with Gasteiger partial charge in [-0.25, -0.2) is 0 Å². The lowest BCUT2D eigenvalue weighted by atomic mass is 9.97. The number of hydrogen-bond donors (Lipinski definition) is 2. The predicted molar refractivity (Wildman–Crippen MR) is 87.7 cm³/mol. The van der Waals surface area contributed by atoms with Gasteiger partial charge in [-0.2, -0.15) is 8.42 Å². The van der Waals surface area contributed by atoms with Crippen LogP contribution in [-0.2, 0) is 10.1 Å². The minimum absolute atomic E-state index is 0.237.